The SMILES string of the molecule is CC(C)NCc1ccc(N2CCC(C(N)=O)C2)c(F)c1. The van der Waals surface area contributed by atoms with Crippen molar-refractivity contribution in [3.63, 3.8) is 0 Å². The van der Waals surface area contributed by atoms with Gasteiger partial charge in [-0.05, 0) is 24.1 Å². The molecule has 0 spiro atoms. The summed E-state index contributed by atoms with van der Waals surface area (Å²) in [4.78, 5) is 13.1. The first kappa shape index (κ1) is 14.8. The van der Waals surface area contributed by atoms with E-state index in [0.29, 0.717) is 37.8 Å². The van der Waals surface area contributed by atoms with E-state index in [2.05, 4.69) is 19.2 Å². The van der Waals surface area contributed by atoms with Gasteiger partial charge in [0.15, 0.2) is 0 Å². The van der Waals surface area contributed by atoms with Crippen LogP contribution in [0.1, 0.15) is 25.8 Å². The monoisotopic (exact) mass is 279 g/mol. The van der Waals surface area contributed by atoms with Gasteiger partial charge in [0.2, 0.25) is 5.91 Å². The molecular weight excluding hydrogens is 257 g/mol. The number of benzene rings is 1. The van der Waals surface area contributed by atoms with Gasteiger partial charge in [-0.2, -0.15) is 0 Å². The third-order valence-corrected chi connectivity index (χ3v) is 3.66. The van der Waals surface area contributed by atoms with Gasteiger partial charge in [-0.25, -0.2) is 4.39 Å². The average Bonchev–Trinajstić information content (AvgIpc) is 2.86. The normalized spacial score (nSPS) is 18.8. The lowest BCUT2D eigenvalue weighted by atomic mass is 10.1. The van der Waals surface area contributed by atoms with Gasteiger partial charge in [0.1, 0.15) is 5.82 Å². The molecule has 2 rings (SSSR count). The number of carbonyl (C=O) groups is 1. The average molecular weight is 279 g/mol. The number of nitrogens with zero attached hydrogens (tertiary/aromatic N) is 1. The van der Waals surface area contributed by atoms with Gasteiger partial charge >= 0.3 is 0 Å². The van der Waals surface area contributed by atoms with Gasteiger partial charge in [0.05, 0.1) is 11.6 Å². The molecule has 0 aromatic heterocycles. The summed E-state index contributed by atoms with van der Waals surface area (Å²) in [7, 11) is 0. The van der Waals surface area contributed by atoms with Gasteiger partial charge in [-0.1, -0.05) is 19.9 Å². The van der Waals surface area contributed by atoms with Crippen LogP contribution in [-0.4, -0.2) is 25.0 Å². The first-order chi connectivity index (χ1) is 9.47. The van der Waals surface area contributed by atoms with Crippen molar-refractivity contribution in [2.24, 2.45) is 11.7 Å². The largest absolute Gasteiger partial charge is 0.369 e. The van der Waals surface area contributed by atoms with Gasteiger partial charge in [-0.15, -0.1) is 0 Å². The highest BCUT2D eigenvalue weighted by Crippen LogP contribution is 2.26. The number of anilines is 1. The highest BCUT2D eigenvalue weighted by molar-refractivity contribution is 5.78. The van der Waals surface area contributed by atoms with E-state index < -0.39 is 0 Å². The van der Waals surface area contributed by atoms with Crippen LogP contribution in [0.5, 0.6) is 0 Å². The molecule has 1 atom stereocenters. The van der Waals surface area contributed by atoms with E-state index in [1.54, 1.807) is 12.1 Å². The lowest BCUT2D eigenvalue weighted by molar-refractivity contribution is -0.121. The predicted molar refractivity (Wildman–Crippen MR) is 77.9 cm³/mol. The number of carbonyl (C=O) groups excluding carboxylic acids is 1. The number of halogens is 1. The molecule has 0 saturated carbocycles. The Kier molecular flexibility index (Phi) is 4.60. The molecule has 1 aliphatic heterocycles. The Bertz CT molecular complexity index is 490. The number of nitrogens with two attached hydrogens (primary N) is 1. The Balaban J connectivity index is 2.05. The molecule has 20 heavy (non-hydrogen) atoms. The van der Waals surface area contributed by atoms with E-state index in [0.717, 1.165) is 5.56 Å². The fourth-order valence-corrected chi connectivity index (χ4v) is 2.45. The van der Waals surface area contributed by atoms with Gasteiger partial charge in [-0.3, -0.25) is 4.79 Å². The summed E-state index contributed by atoms with van der Waals surface area (Å²) < 4.78 is 14.2. The zero-order chi connectivity index (χ0) is 14.7. The second-order valence-electron chi connectivity index (χ2n) is 5.66. The standard InChI is InChI=1S/C15H22FN3O/c1-10(2)18-8-11-3-4-14(13(16)7-11)19-6-5-12(9-19)15(17)20/h3-4,7,10,12,18H,5-6,8-9H2,1-2H3,(H2,17,20). The van der Waals surface area contributed by atoms with Crippen LogP contribution in [0, 0.1) is 11.7 Å². The maximum Gasteiger partial charge on any atom is 0.222 e. The maximum absolute atomic E-state index is 14.2. The first-order valence-corrected chi connectivity index (χ1v) is 7.03. The van der Waals surface area contributed by atoms with E-state index in [9.17, 15) is 9.18 Å². The molecule has 110 valence electrons. The minimum atomic E-state index is -0.300. The number of amides is 1. The summed E-state index contributed by atoms with van der Waals surface area (Å²) >= 11 is 0. The molecule has 3 N–H and O–H groups in total. The lowest BCUT2D eigenvalue weighted by Gasteiger charge is -2.19. The van der Waals surface area contributed by atoms with E-state index in [1.165, 1.54) is 0 Å². The molecule has 0 aliphatic carbocycles. The van der Waals surface area contributed by atoms with E-state index in [1.807, 2.05) is 11.0 Å². The molecule has 0 radical (unpaired) electrons. The van der Waals surface area contributed by atoms with Crippen molar-refractivity contribution in [2.75, 3.05) is 18.0 Å². The summed E-state index contributed by atoms with van der Waals surface area (Å²) in [6, 6.07) is 5.64. The van der Waals surface area contributed by atoms with Crippen LogP contribution in [0.25, 0.3) is 0 Å². The zero-order valence-corrected chi connectivity index (χ0v) is 12.0. The molecule has 1 unspecified atom stereocenters. The summed E-state index contributed by atoms with van der Waals surface area (Å²) in [5.74, 6) is -0.708. The third-order valence-electron chi connectivity index (χ3n) is 3.66. The number of nitrogens with one attached hydrogen (secondary N) is 1. The summed E-state index contributed by atoms with van der Waals surface area (Å²) in [5.41, 5.74) is 6.78. The van der Waals surface area contributed by atoms with Crippen molar-refractivity contribution in [1.29, 1.82) is 0 Å². The van der Waals surface area contributed by atoms with Crippen molar-refractivity contribution in [3.05, 3.63) is 29.6 Å². The van der Waals surface area contributed by atoms with Crippen LogP contribution in [0.4, 0.5) is 10.1 Å². The van der Waals surface area contributed by atoms with Gasteiger partial charge in [0.25, 0.3) is 0 Å². The van der Waals surface area contributed by atoms with Crippen molar-refractivity contribution < 1.29 is 9.18 Å². The number of hydrogen-bond acceptors (Lipinski definition) is 3. The lowest BCUT2D eigenvalue weighted by Crippen LogP contribution is -2.27. The van der Waals surface area contributed by atoms with Crippen molar-refractivity contribution in [1.82, 2.24) is 5.32 Å². The topological polar surface area (TPSA) is 58.4 Å². The highest BCUT2D eigenvalue weighted by Gasteiger charge is 2.28. The Morgan fingerprint density at radius 3 is 2.85 bits per heavy atom. The zero-order valence-electron chi connectivity index (χ0n) is 12.0. The second-order valence-corrected chi connectivity index (χ2v) is 5.66. The van der Waals surface area contributed by atoms with Crippen LogP contribution in [0.2, 0.25) is 0 Å². The Morgan fingerprint density at radius 1 is 1.55 bits per heavy atom. The second kappa shape index (κ2) is 6.22. The number of primary amides is 1. The van der Waals surface area contributed by atoms with Gasteiger partial charge < -0.3 is 16.0 Å². The molecule has 1 fully saturated rings. The molecular formula is C15H22FN3O. The van der Waals surface area contributed by atoms with E-state index >= 15 is 0 Å². The Labute approximate surface area is 119 Å². The van der Waals surface area contributed by atoms with Crippen molar-refractivity contribution in [2.45, 2.75) is 32.9 Å². The molecule has 1 aliphatic rings. The third kappa shape index (κ3) is 3.48. The number of hydrogen-bond donors (Lipinski definition) is 2. The smallest absolute Gasteiger partial charge is 0.222 e. The van der Waals surface area contributed by atoms with Crippen molar-refractivity contribution >= 4 is 11.6 Å². The minimum absolute atomic E-state index is 0.170. The first-order valence-electron chi connectivity index (χ1n) is 7.03. The molecule has 0 bridgehead atoms. The van der Waals surface area contributed by atoms with Crippen LogP contribution in [0.3, 0.4) is 0 Å². The van der Waals surface area contributed by atoms with Crippen molar-refractivity contribution in [3.8, 4) is 0 Å². The molecule has 1 saturated heterocycles. The van der Waals surface area contributed by atoms with Crippen LogP contribution < -0.4 is 16.0 Å². The number of rotatable bonds is 5. The van der Waals surface area contributed by atoms with Crippen LogP contribution in [0.15, 0.2) is 18.2 Å². The Hall–Kier alpha value is -1.62. The van der Waals surface area contributed by atoms with E-state index in [-0.39, 0.29) is 17.6 Å². The fraction of sp³-hybridized carbons (Fsp3) is 0.533. The summed E-state index contributed by atoms with van der Waals surface area (Å²) in [6.45, 7) is 5.95. The molecule has 1 amide bonds. The van der Waals surface area contributed by atoms with Crippen LogP contribution in [-0.2, 0) is 11.3 Å². The quantitative estimate of drug-likeness (QED) is 0.861. The van der Waals surface area contributed by atoms with Crippen LogP contribution >= 0.6 is 0 Å². The molecule has 1 aromatic rings. The highest BCUT2D eigenvalue weighted by atomic mass is 19.1. The predicted octanol–water partition coefficient (Wildman–Crippen LogP) is 1.64. The molecule has 4 nitrogen and oxygen atoms in total. The summed E-state index contributed by atoms with van der Waals surface area (Å²) in [6.07, 6.45) is 0.700. The Morgan fingerprint density at radius 2 is 2.30 bits per heavy atom. The maximum atomic E-state index is 14.2. The molecule has 5 heteroatoms. The van der Waals surface area contributed by atoms with E-state index in [4.69, 9.17) is 5.73 Å². The summed E-state index contributed by atoms with van der Waals surface area (Å²) in [5, 5.41) is 3.26. The fourth-order valence-electron chi connectivity index (χ4n) is 2.45. The molecule has 1 aromatic carbocycles. The minimum Gasteiger partial charge on any atom is -0.369 e. The van der Waals surface area contributed by atoms with Gasteiger partial charge in [0, 0.05) is 25.7 Å². The molecule has 1 heterocycles.